The highest BCUT2D eigenvalue weighted by atomic mass is 35.5. The van der Waals surface area contributed by atoms with Crippen molar-refractivity contribution in [3.8, 4) is 5.69 Å². The second-order valence-electron chi connectivity index (χ2n) is 5.40. The van der Waals surface area contributed by atoms with E-state index in [-0.39, 0.29) is 0 Å². The van der Waals surface area contributed by atoms with Crippen LogP contribution >= 0.6 is 11.6 Å². The molecule has 1 unspecified atom stereocenters. The van der Waals surface area contributed by atoms with E-state index in [0.29, 0.717) is 6.04 Å². The molecule has 0 aliphatic rings. The molecule has 1 heterocycles. The summed E-state index contributed by atoms with van der Waals surface area (Å²) in [5.74, 6) is 0. The van der Waals surface area contributed by atoms with Crippen LogP contribution in [0.4, 0.5) is 0 Å². The van der Waals surface area contributed by atoms with Gasteiger partial charge in [-0.25, -0.2) is 4.68 Å². The Hall–Kier alpha value is -1.32. The first-order valence-electron chi connectivity index (χ1n) is 7.57. The van der Waals surface area contributed by atoms with Crippen molar-refractivity contribution < 1.29 is 0 Å². The number of hydrogen-bond donors (Lipinski definition) is 1. The maximum atomic E-state index is 6.50. The van der Waals surface area contributed by atoms with Crippen LogP contribution in [0.25, 0.3) is 5.69 Å². The molecule has 0 fully saturated rings. The van der Waals surface area contributed by atoms with Crippen molar-refractivity contribution in [3.63, 3.8) is 0 Å². The van der Waals surface area contributed by atoms with E-state index in [1.165, 1.54) is 16.8 Å². The fraction of sp³-hybridized carbons (Fsp3) is 0.471. The highest BCUT2D eigenvalue weighted by Gasteiger charge is 2.14. The van der Waals surface area contributed by atoms with Crippen molar-refractivity contribution in [2.75, 3.05) is 6.54 Å². The lowest BCUT2D eigenvalue weighted by atomic mass is 10.1. The Morgan fingerprint density at radius 1 is 1.29 bits per heavy atom. The first-order valence-corrected chi connectivity index (χ1v) is 7.95. The Bertz CT molecular complexity index is 631. The number of halogens is 1. The van der Waals surface area contributed by atoms with Crippen LogP contribution in [0.5, 0.6) is 0 Å². The number of aryl methyl sites for hydroxylation is 1. The van der Waals surface area contributed by atoms with Gasteiger partial charge >= 0.3 is 0 Å². The summed E-state index contributed by atoms with van der Waals surface area (Å²) in [6.45, 7) is 11.5. The summed E-state index contributed by atoms with van der Waals surface area (Å²) in [5, 5.41) is 8.78. The van der Waals surface area contributed by atoms with Gasteiger partial charge in [-0.2, -0.15) is 5.10 Å². The zero-order valence-corrected chi connectivity index (χ0v) is 14.3. The van der Waals surface area contributed by atoms with Crippen LogP contribution in [0, 0.1) is 13.8 Å². The molecule has 0 spiro atoms. The van der Waals surface area contributed by atoms with Gasteiger partial charge in [0.05, 0.1) is 16.4 Å². The molecular formula is C17H24ClN3. The zero-order chi connectivity index (χ0) is 15.6. The molecular weight excluding hydrogens is 282 g/mol. The number of benzene rings is 1. The normalized spacial score (nSPS) is 12.7. The minimum atomic E-state index is 0.299. The topological polar surface area (TPSA) is 29.9 Å². The second-order valence-corrected chi connectivity index (χ2v) is 5.81. The van der Waals surface area contributed by atoms with Crippen molar-refractivity contribution in [1.29, 1.82) is 0 Å². The maximum Gasteiger partial charge on any atom is 0.0835 e. The molecule has 21 heavy (non-hydrogen) atoms. The third kappa shape index (κ3) is 3.14. The van der Waals surface area contributed by atoms with Crippen molar-refractivity contribution in [3.05, 3.63) is 45.7 Å². The lowest BCUT2D eigenvalue weighted by Gasteiger charge is -2.15. The van der Waals surface area contributed by atoms with Gasteiger partial charge in [0.25, 0.3) is 0 Å². The molecule has 0 saturated carbocycles. The van der Waals surface area contributed by atoms with Gasteiger partial charge < -0.3 is 5.32 Å². The average Bonchev–Trinajstić information content (AvgIpc) is 2.73. The van der Waals surface area contributed by atoms with Crippen molar-refractivity contribution >= 4 is 11.6 Å². The number of rotatable bonds is 5. The van der Waals surface area contributed by atoms with E-state index in [4.69, 9.17) is 11.6 Å². The van der Waals surface area contributed by atoms with Crippen LogP contribution in [-0.2, 0) is 6.42 Å². The van der Waals surface area contributed by atoms with Gasteiger partial charge in [-0.1, -0.05) is 31.5 Å². The fourth-order valence-corrected chi connectivity index (χ4v) is 3.08. The van der Waals surface area contributed by atoms with Gasteiger partial charge in [-0.05, 0) is 57.0 Å². The molecule has 0 radical (unpaired) electrons. The number of hydrogen-bond acceptors (Lipinski definition) is 2. The SMILES string of the molecule is CCNC(C)c1ccc(-n2nc(C)c(CC)c2C)c(Cl)c1. The largest absolute Gasteiger partial charge is 0.310 e. The summed E-state index contributed by atoms with van der Waals surface area (Å²) >= 11 is 6.50. The number of aromatic nitrogens is 2. The Morgan fingerprint density at radius 2 is 2.00 bits per heavy atom. The summed E-state index contributed by atoms with van der Waals surface area (Å²) in [7, 11) is 0. The van der Waals surface area contributed by atoms with Gasteiger partial charge in [-0.3, -0.25) is 0 Å². The standard InChI is InChI=1S/C17H24ClN3/c1-6-15-12(4)20-21(13(15)5)17-9-8-14(10-16(17)18)11(3)19-7-2/h8-11,19H,6-7H2,1-5H3. The minimum Gasteiger partial charge on any atom is -0.310 e. The lowest BCUT2D eigenvalue weighted by molar-refractivity contribution is 0.598. The van der Waals surface area contributed by atoms with E-state index in [9.17, 15) is 0 Å². The first kappa shape index (κ1) is 16.1. The van der Waals surface area contributed by atoms with Crippen LogP contribution in [0.15, 0.2) is 18.2 Å². The van der Waals surface area contributed by atoms with E-state index in [2.05, 4.69) is 57.2 Å². The average molecular weight is 306 g/mol. The number of nitrogens with one attached hydrogen (secondary N) is 1. The highest BCUT2D eigenvalue weighted by Crippen LogP contribution is 2.27. The predicted octanol–water partition coefficient (Wildman–Crippen LogP) is 4.38. The maximum absolute atomic E-state index is 6.50. The lowest BCUT2D eigenvalue weighted by Crippen LogP contribution is -2.17. The van der Waals surface area contributed by atoms with Crippen molar-refractivity contribution in [2.24, 2.45) is 0 Å². The summed E-state index contributed by atoms with van der Waals surface area (Å²) in [6, 6.07) is 6.51. The molecule has 4 heteroatoms. The molecule has 0 saturated heterocycles. The van der Waals surface area contributed by atoms with Crippen LogP contribution in [0.1, 0.15) is 49.3 Å². The van der Waals surface area contributed by atoms with Gasteiger partial charge in [0, 0.05) is 11.7 Å². The highest BCUT2D eigenvalue weighted by molar-refractivity contribution is 6.32. The summed E-state index contributed by atoms with van der Waals surface area (Å²) in [4.78, 5) is 0. The van der Waals surface area contributed by atoms with Gasteiger partial charge in [0.15, 0.2) is 0 Å². The Kier molecular flexibility index (Phi) is 5.07. The van der Waals surface area contributed by atoms with Crippen LogP contribution < -0.4 is 5.32 Å². The summed E-state index contributed by atoms with van der Waals surface area (Å²) < 4.78 is 1.96. The Balaban J connectivity index is 2.42. The van der Waals surface area contributed by atoms with Crippen LogP contribution in [0.3, 0.4) is 0 Å². The zero-order valence-electron chi connectivity index (χ0n) is 13.5. The molecule has 0 bridgehead atoms. The van der Waals surface area contributed by atoms with Crippen LogP contribution in [0.2, 0.25) is 5.02 Å². The first-order chi connectivity index (χ1) is 9.99. The molecule has 3 nitrogen and oxygen atoms in total. The molecule has 114 valence electrons. The Morgan fingerprint density at radius 3 is 2.52 bits per heavy atom. The Labute approximate surface area is 132 Å². The molecule has 0 aliphatic carbocycles. The fourth-order valence-electron chi connectivity index (χ4n) is 2.81. The molecule has 2 aromatic rings. The molecule has 0 amide bonds. The van der Waals surface area contributed by atoms with Crippen molar-refractivity contribution in [1.82, 2.24) is 15.1 Å². The van der Waals surface area contributed by atoms with E-state index in [1.807, 2.05) is 10.7 Å². The molecule has 1 N–H and O–H groups in total. The monoisotopic (exact) mass is 305 g/mol. The smallest absolute Gasteiger partial charge is 0.0835 e. The molecule has 0 aliphatic heterocycles. The van der Waals surface area contributed by atoms with Gasteiger partial charge in [-0.15, -0.1) is 0 Å². The van der Waals surface area contributed by atoms with Crippen molar-refractivity contribution in [2.45, 2.75) is 47.1 Å². The molecule has 1 aromatic heterocycles. The predicted molar refractivity (Wildman–Crippen MR) is 89.5 cm³/mol. The van der Waals surface area contributed by atoms with Crippen LogP contribution in [-0.4, -0.2) is 16.3 Å². The van der Waals surface area contributed by atoms with Gasteiger partial charge in [0.1, 0.15) is 0 Å². The van der Waals surface area contributed by atoms with E-state index < -0.39 is 0 Å². The number of nitrogens with zero attached hydrogens (tertiary/aromatic N) is 2. The van der Waals surface area contributed by atoms with E-state index in [1.54, 1.807) is 0 Å². The quantitative estimate of drug-likeness (QED) is 0.888. The molecule has 1 atom stereocenters. The summed E-state index contributed by atoms with van der Waals surface area (Å²) in [6.07, 6.45) is 0.991. The molecule has 2 rings (SSSR count). The minimum absolute atomic E-state index is 0.299. The third-order valence-corrected chi connectivity index (χ3v) is 4.31. The summed E-state index contributed by atoms with van der Waals surface area (Å²) in [5.41, 5.74) is 5.70. The van der Waals surface area contributed by atoms with E-state index in [0.717, 1.165) is 29.4 Å². The molecule has 1 aromatic carbocycles. The third-order valence-electron chi connectivity index (χ3n) is 4.00. The van der Waals surface area contributed by atoms with Gasteiger partial charge in [0.2, 0.25) is 0 Å². The second kappa shape index (κ2) is 6.63. The van der Waals surface area contributed by atoms with E-state index >= 15 is 0 Å².